The predicted molar refractivity (Wildman–Crippen MR) is 71.9 cm³/mol. The van der Waals surface area contributed by atoms with Crippen LogP contribution in [0.25, 0.3) is 0 Å². The van der Waals surface area contributed by atoms with Gasteiger partial charge in [0, 0.05) is 11.7 Å². The van der Waals surface area contributed by atoms with E-state index in [1.54, 1.807) is 18.3 Å². The minimum absolute atomic E-state index is 0.0509. The summed E-state index contributed by atoms with van der Waals surface area (Å²) in [5, 5.41) is 3.09. The predicted octanol–water partition coefficient (Wildman–Crippen LogP) is 1.90. The lowest BCUT2D eigenvalue weighted by Crippen LogP contribution is -2.34. The number of hydrogen-bond donors (Lipinski definition) is 2. The molecule has 4 nitrogen and oxygen atoms in total. The Bertz CT molecular complexity index is 425. The van der Waals surface area contributed by atoms with E-state index in [4.69, 9.17) is 5.73 Å². The van der Waals surface area contributed by atoms with E-state index in [0.29, 0.717) is 23.6 Å². The average molecular weight is 247 g/mol. The maximum Gasteiger partial charge on any atom is 0.226 e. The number of amides is 1. The Balaban J connectivity index is 1.84. The molecule has 0 spiro atoms. The van der Waals surface area contributed by atoms with E-state index in [1.807, 2.05) is 0 Å². The van der Waals surface area contributed by atoms with Gasteiger partial charge in [0.05, 0.1) is 18.3 Å². The van der Waals surface area contributed by atoms with Gasteiger partial charge in [0.1, 0.15) is 0 Å². The van der Waals surface area contributed by atoms with Crippen LogP contribution in [-0.2, 0) is 11.2 Å². The third-order valence-corrected chi connectivity index (χ3v) is 3.52. The molecule has 0 bridgehead atoms. The van der Waals surface area contributed by atoms with Crippen molar-refractivity contribution in [3.63, 3.8) is 0 Å². The van der Waals surface area contributed by atoms with Gasteiger partial charge in [0.2, 0.25) is 5.91 Å². The number of nitrogens with two attached hydrogens (primary N) is 1. The lowest BCUT2D eigenvalue weighted by molar-refractivity contribution is -0.121. The maximum absolute atomic E-state index is 11.9. The number of hydrogen-bond acceptors (Lipinski definition) is 3. The molecule has 18 heavy (non-hydrogen) atoms. The topological polar surface area (TPSA) is 68.0 Å². The van der Waals surface area contributed by atoms with E-state index < -0.39 is 0 Å². The highest BCUT2D eigenvalue weighted by Gasteiger charge is 2.31. The zero-order chi connectivity index (χ0) is 13.2. The second-order valence-electron chi connectivity index (χ2n) is 5.93. The van der Waals surface area contributed by atoms with Crippen LogP contribution in [0.4, 0.5) is 5.69 Å². The summed E-state index contributed by atoms with van der Waals surface area (Å²) in [6.45, 7) is 4.50. The fraction of sp³-hybridized carbons (Fsp3) is 0.571. The van der Waals surface area contributed by atoms with Crippen LogP contribution in [0.2, 0.25) is 0 Å². The first-order chi connectivity index (χ1) is 8.44. The zero-order valence-corrected chi connectivity index (χ0v) is 11.1. The number of nitrogens with one attached hydrogen (secondary N) is 1. The largest absolute Gasteiger partial charge is 0.397 e. The van der Waals surface area contributed by atoms with Gasteiger partial charge in [0.15, 0.2) is 0 Å². The zero-order valence-electron chi connectivity index (χ0n) is 11.1. The summed E-state index contributed by atoms with van der Waals surface area (Å²) in [5.74, 6) is 0.0509. The molecule has 1 aromatic heterocycles. The standard InChI is InChI=1S/C14H21N3O/c1-14(2)6-5-12(8-14)17-13(18)7-11-4-3-10(15)9-16-11/h3-4,9,12H,5-8,15H2,1-2H3,(H,17,18). The van der Waals surface area contributed by atoms with Crippen molar-refractivity contribution < 1.29 is 4.79 Å². The fourth-order valence-electron chi connectivity index (χ4n) is 2.54. The summed E-state index contributed by atoms with van der Waals surface area (Å²) >= 11 is 0. The van der Waals surface area contributed by atoms with Gasteiger partial charge < -0.3 is 11.1 Å². The molecule has 1 atom stereocenters. The van der Waals surface area contributed by atoms with Crippen molar-refractivity contribution in [3.8, 4) is 0 Å². The smallest absolute Gasteiger partial charge is 0.226 e. The Morgan fingerprint density at radius 3 is 2.89 bits per heavy atom. The molecule has 1 aromatic rings. The molecule has 1 amide bonds. The van der Waals surface area contributed by atoms with Crippen LogP contribution in [0, 0.1) is 5.41 Å². The fourth-order valence-corrected chi connectivity index (χ4v) is 2.54. The van der Waals surface area contributed by atoms with Crippen molar-refractivity contribution in [1.29, 1.82) is 0 Å². The Labute approximate surface area is 108 Å². The van der Waals surface area contributed by atoms with E-state index >= 15 is 0 Å². The van der Waals surface area contributed by atoms with Crippen molar-refractivity contribution in [1.82, 2.24) is 10.3 Å². The Morgan fingerprint density at radius 2 is 2.33 bits per heavy atom. The average Bonchev–Trinajstić information content (AvgIpc) is 2.61. The first-order valence-electron chi connectivity index (χ1n) is 6.44. The molecule has 1 aliphatic rings. The van der Waals surface area contributed by atoms with Crippen LogP contribution >= 0.6 is 0 Å². The molecule has 2 rings (SSSR count). The second-order valence-corrected chi connectivity index (χ2v) is 5.93. The Morgan fingerprint density at radius 1 is 1.56 bits per heavy atom. The van der Waals surface area contributed by atoms with Gasteiger partial charge in [-0.3, -0.25) is 9.78 Å². The number of rotatable bonds is 3. The third kappa shape index (κ3) is 3.45. The van der Waals surface area contributed by atoms with Gasteiger partial charge in [-0.1, -0.05) is 13.8 Å². The second kappa shape index (κ2) is 4.96. The number of nitrogen functional groups attached to an aromatic ring is 1. The number of nitrogens with zero attached hydrogens (tertiary/aromatic N) is 1. The molecule has 98 valence electrons. The van der Waals surface area contributed by atoms with E-state index in [2.05, 4.69) is 24.1 Å². The quantitative estimate of drug-likeness (QED) is 0.857. The molecule has 1 unspecified atom stereocenters. The number of carbonyl (C=O) groups excluding carboxylic acids is 1. The highest BCUT2D eigenvalue weighted by molar-refractivity contribution is 5.78. The molecular weight excluding hydrogens is 226 g/mol. The molecule has 0 aromatic carbocycles. The molecule has 1 saturated carbocycles. The number of aromatic nitrogens is 1. The summed E-state index contributed by atoms with van der Waals surface area (Å²) in [6.07, 6.45) is 5.23. The lowest BCUT2D eigenvalue weighted by Gasteiger charge is -2.17. The highest BCUT2D eigenvalue weighted by Crippen LogP contribution is 2.36. The molecule has 1 fully saturated rings. The molecule has 0 aliphatic heterocycles. The number of carbonyl (C=O) groups is 1. The molecule has 1 heterocycles. The van der Waals surface area contributed by atoms with E-state index in [-0.39, 0.29) is 5.91 Å². The molecular formula is C14H21N3O. The molecule has 4 heteroatoms. The first kappa shape index (κ1) is 12.9. The number of anilines is 1. The lowest BCUT2D eigenvalue weighted by atomic mass is 9.92. The molecule has 3 N–H and O–H groups in total. The summed E-state index contributed by atoms with van der Waals surface area (Å²) in [4.78, 5) is 16.0. The van der Waals surface area contributed by atoms with Crippen molar-refractivity contribution in [2.45, 2.75) is 45.6 Å². The monoisotopic (exact) mass is 247 g/mol. The SMILES string of the molecule is CC1(C)CCC(NC(=O)Cc2ccc(N)cn2)C1. The summed E-state index contributed by atoms with van der Waals surface area (Å²) in [7, 11) is 0. The van der Waals surface area contributed by atoms with Gasteiger partial charge in [-0.2, -0.15) is 0 Å². The van der Waals surface area contributed by atoms with Crippen LogP contribution < -0.4 is 11.1 Å². The Kier molecular flexibility index (Phi) is 3.55. The number of pyridine rings is 1. The van der Waals surface area contributed by atoms with Gasteiger partial charge >= 0.3 is 0 Å². The van der Waals surface area contributed by atoms with E-state index in [0.717, 1.165) is 18.5 Å². The first-order valence-corrected chi connectivity index (χ1v) is 6.44. The van der Waals surface area contributed by atoms with E-state index in [9.17, 15) is 4.79 Å². The van der Waals surface area contributed by atoms with Crippen LogP contribution in [0.15, 0.2) is 18.3 Å². The van der Waals surface area contributed by atoms with Crippen molar-refractivity contribution in [2.24, 2.45) is 5.41 Å². The van der Waals surface area contributed by atoms with Gasteiger partial charge in [-0.05, 0) is 36.8 Å². The minimum atomic E-state index is 0.0509. The van der Waals surface area contributed by atoms with Crippen LogP contribution in [-0.4, -0.2) is 16.9 Å². The third-order valence-electron chi connectivity index (χ3n) is 3.52. The molecule has 0 radical (unpaired) electrons. The summed E-state index contributed by atoms with van der Waals surface area (Å²) in [5.41, 5.74) is 7.30. The maximum atomic E-state index is 11.9. The van der Waals surface area contributed by atoms with Gasteiger partial charge in [-0.15, -0.1) is 0 Å². The van der Waals surface area contributed by atoms with Crippen molar-refractivity contribution in [2.75, 3.05) is 5.73 Å². The van der Waals surface area contributed by atoms with Crippen LogP contribution in [0.5, 0.6) is 0 Å². The van der Waals surface area contributed by atoms with Gasteiger partial charge in [-0.25, -0.2) is 0 Å². The van der Waals surface area contributed by atoms with E-state index in [1.165, 1.54) is 6.42 Å². The minimum Gasteiger partial charge on any atom is -0.397 e. The van der Waals surface area contributed by atoms with Gasteiger partial charge in [0.25, 0.3) is 0 Å². The van der Waals surface area contributed by atoms with Crippen LogP contribution in [0.1, 0.15) is 38.8 Å². The summed E-state index contributed by atoms with van der Waals surface area (Å²) in [6, 6.07) is 3.89. The molecule has 1 aliphatic carbocycles. The molecule has 0 saturated heterocycles. The highest BCUT2D eigenvalue weighted by atomic mass is 16.1. The van der Waals surface area contributed by atoms with Crippen molar-refractivity contribution >= 4 is 11.6 Å². The van der Waals surface area contributed by atoms with Crippen LogP contribution in [0.3, 0.4) is 0 Å². The van der Waals surface area contributed by atoms with Crippen molar-refractivity contribution in [3.05, 3.63) is 24.0 Å². The normalized spacial score (nSPS) is 21.8. The summed E-state index contributed by atoms with van der Waals surface area (Å²) < 4.78 is 0. The Hall–Kier alpha value is -1.58.